The monoisotopic (exact) mass is 356 g/mol. The van der Waals surface area contributed by atoms with E-state index in [4.69, 9.17) is 5.73 Å². The third-order valence-corrected chi connectivity index (χ3v) is 4.52. The molecular weight excluding hydrogens is 340 g/mol. The highest BCUT2D eigenvalue weighted by Gasteiger charge is 2.12. The maximum Gasteiger partial charge on any atom is 0.335 e. The average molecular weight is 356 g/mol. The van der Waals surface area contributed by atoms with Crippen LogP contribution < -0.4 is 5.73 Å². The van der Waals surface area contributed by atoms with Crippen molar-refractivity contribution in [3.8, 4) is 22.4 Å². The molecule has 0 atom stereocenters. The summed E-state index contributed by atoms with van der Waals surface area (Å²) in [6.07, 6.45) is 0. The van der Waals surface area contributed by atoms with Gasteiger partial charge in [0.2, 0.25) is 5.91 Å². The minimum absolute atomic E-state index is 0.195. The SMILES string of the molecule is NC(=O)c1ccc(-c2cc(C(=O)O)cc(-c3cc4ccccc4[nH]3)c2)cc1. The summed E-state index contributed by atoms with van der Waals surface area (Å²) in [7, 11) is 0. The molecule has 0 radical (unpaired) electrons. The lowest BCUT2D eigenvalue weighted by Gasteiger charge is -2.08. The number of amides is 1. The smallest absolute Gasteiger partial charge is 0.335 e. The van der Waals surface area contributed by atoms with E-state index in [2.05, 4.69) is 4.98 Å². The number of nitrogens with one attached hydrogen (secondary N) is 1. The van der Waals surface area contributed by atoms with Crippen LogP contribution in [0.4, 0.5) is 0 Å². The highest BCUT2D eigenvalue weighted by atomic mass is 16.4. The lowest BCUT2D eigenvalue weighted by molar-refractivity contribution is 0.0696. The third-order valence-electron chi connectivity index (χ3n) is 4.52. The molecule has 0 fully saturated rings. The molecule has 27 heavy (non-hydrogen) atoms. The van der Waals surface area contributed by atoms with E-state index in [1.165, 1.54) is 0 Å². The molecular formula is C22H16N2O3. The van der Waals surface area contributed by atoms with Crippen LogP contribution in [0.2, 0.25) is 0 Å². The van der Waals surface area contributed by atoms with E-state index in [1.807, 2.05) is 36.4 Å². The third kappa shape index (κ3) is 3.18. The van der Waals surface area contributed by atoms with Crippen molar-refractivity contribution in [1.29, 1.82) is 0 Å². The average Bonchev–Trinajstić information content (AvgIpc) is 3.12. The summed E-state index contributed by atoms with van der Waals surface area (Å²) < 4.78 is 0. The number of hydrogen-bond donors (Lipinski definition) is 3. The summed E-state index contributed by atoms with van der Waals surface area (Å²) in [5, 5.41) is 10.6. The van der Waals surface area contributed by atoms with Crippen molar-refractivity contribution in [3.05, 3.63) is 83.9 Å². The van der Waals surface area contributed by atoms with E-state index in [9.17, 15) is 14.7 Å². The molecule has 1 heterocycles. The van der Waals surface area contributed by atoms with Gasteiger partial charge in [-0.3, -0.25) is 4.79 Å². The molecule has 5 nitrogen and oxygen atoms in total. The lowest BCUT2D eigenvalue weighted by Crippen LogP contribution is -2.10. The van der Waals surface area contributed by atoms with Crippen LogP contribution in [0.25, 0.3) is 33.3 Å². The van der Waals surface area contributed by atoms with Gasteiger partial charge in [-0.15, -0.1) is 0 Å². The van der Waals surface area contributed by atoms with E-state index in [1.54, 1.807) is 36.4 Å². The fraction of sp³-hybridized carbons (Fsp3) is 0. The Kier molecular flexibility index (Phi) is 3.97. The van der Waals surface area contributed by atoms with Crippen LogP contribution in [0.1, 0.15) is 20.7 Å². The van der Waals surface area contributed by atoms with Crippen molar-refractivity contribution >= 4 is 22.8 Å². The van der Waals surface area contributed by atoms with Crippen LogP contribution in [0.3, 0.4) is 0 Å². The zero-order chi connectivity index (χ0) is 19.0. The quantitative estimate of drug-likeness (QED) is 0.509. The molecule has 0 saturated heterocycles. The van der Waals surface area contributed by atoms with Crippen LogP contribution in [-0.2, 0) is 0 Å². The number of aromatic carboxylic acids is 1. The standard InChI is InChI=1S/C22H16N2O3/c23-21(25)14-7-5-13(6-8-14)16-9-17(11-18(10-16)22(26)27)20-12-15-3-1-2-4-19(15)24-20/h1-12,24H,(H2,23,25)(H,26,27). The van der Waals surface area contributed by atoms with Gasteiger partial charge in [-0.05, 0) is 59.2 Å². The highest BCUT2D eigenvalue weighted by Crippen LogP contribution is 2.30. The van der Waals surface area contributed by atoms with Gasteiger partial charge < -0.3 is 15.8 Å². The predicted molar refractivity (Wildman–Crippen MR) is 105 cm³/mol. The summed E-state index contributed by atoms with van der Waals surface area (Å²) in [5.74, 6) is -1.50. The Morgan fingerprint density at radius 3 is 2.15 bits per heavy atom. The summed E-state index contributed by atoms with van der Waals surface area (Å²) in [6.45, 7) is 0. The number of fused-ring (bicyclic) bond motifs is 1. The molecule has 0 bridgehead atoms. The fourth-order valence-electron chi connectivity index (χ4n) is 3.13. The Bertz CT molecular complexity index is 1140. The lowest BCUT2D eigenvalue weighted by atomic mass is 9.97. The largest absolute Gasteiger partial charge is 0.478 e. The van der Waals surface area contributed by atoms with Crippen LogP contribution in [0.5, 0.6) is 0 Å². The number of carboxylic acids is 1. The number of carboxylic acid groups (broad SMARTS) is 1. The number of aromatic nitrogens is 1. The van der Waals surface area contributed by atoms with Gasteiger partial charge >= 0.3 is 5.97 Å². The number of carbonyl (C=O) groups is 2. The normalized spacial score (nSPS) is 10.8. The van der Waals surface area contributed by atoms with Gasteiger partial charge in [0.15, 0.2) is 0 Å². The molecule has 0 unspecified atom stereocenters. The fourth-order valence-corrected chi connectivity index (χ4v) is 3.13. The summed E-state index contributed by atoms with van der Waals surface area (Å²) in [6, 6.07) is 21.9. The van der Waals surface area contributed by atoms with Gasteiger partial charge in [0, 0.05) is 22.2 Å². The summed E-state index contributed by atoms with van der Waals surface area (Å²) in [5.41, 5.74) is 10.0. The molecule has 4 rings (SSSR count). The van der Waals surface area contributed by atoms with E-state index >= 15 is 0 Å². The van der Waals surface area contributed by atoms with Gasteiger partial charge in [0.1, 0.15) is 0 Å². The molecule has 132 valence electrons. The van der Waals surface area contributed by atoms with Gasteiger partial charge in [0.25, 0.3) is 0 Å². The second-order valence-corrected chi connectivity index (χ2v) is 6.32. The molecule has 0 aliphatic carbocycles. The molecule has 5 heteroatoms. The number of carbonyl (C=O) groups excluding carboxylic acids is 1. The molecule has 0 aliphatic heterocycles. The number of aromatic amines is 1. The Labute approximate surface area is 155 Å². The maximum atomic E-state index is 11.6. The zero-order valence-electron chi connectivity index (χ0n) is 14.3. The number of rotatable bonds is 4. The first-order valence-electron chi connectivity index (χ1n) is 8.38. The van der Waals surface area contributed by atoms with Crippen LogP contribution in [0, 0.1) is 0 Å². The summed E-state index contributed by atoms with van der Waals surface area (Å²) in [4.78, 5) is 26.2. The van der Waals surface area contributed by atoms with E-state index in [0.29, 0.717) is 5.56 Å². The summed E-state index contributed by atoms with van der Waals surface area (Å²) >= 11 is 0. The number of hydrogen-bond acceptors (Lipinski definition) is 2. The van der Waals surface area contributed by atoms with Crippen molar-refractivity contribution in [2.75, 3.05) is 0 Å². The number of nitrogens with two attached hydrogens (primary N) is 1. The van der Waals surface area contributed by atoms with Crippen molar-refractivity contribution in [2.24, 2.45) is 5.73 Å². The molecule has 3 aromatic carbocycles. The first-order valence-corrected chi connectivity index (χ1v) is 8.38. The van der Waals surface area contributed by atoms with Crippen LogP contribution in [-0.4, -0.2) is 22.0 Å². The molecule has 0 spiro atoms. The maximum absolute atomic E-state index is 11.6. The second kappa shape index (κ2) is 6.46. The minimum atomic E-state index is -0.997. The Hall–Kier alpha value is -3.86. The molecule has 4 N–H and O–H groups in total. The number of benzene rings is 3. The highest BCUT2D eigenvalue weighted by molar-refractivity contribution is 5.95. The molecule has 4 aromatic rings. The van der Waals surface area contributed by atoms with E-state index < -0.39 is 11.9 Å². The van der Waals surface area contributed by atoms with Crippen molar-refractivity contribution < 1.29 is 14.7 Å². The van der Waals surface area contributed by atoms with Gasteiger partial charge in [-0.2, -0.15) is 0 Å². The Balaban J connectivity index is 1.85. The van der Waals surface area contributed by atoms with Gasteiger partial charge in [0.05, 0.1) is 5.56 Å². The molecule has 0 aliphatic rings. The zero-order valence-corrected chi connectivity index (χ0v) is 14.3. The van der Waals surface area contributed by atoms with Crippen LogP contribution in [0.15, 0.2) is 72.8 Å². The Morgan fingerprint density at radius 1 is 0.778 bits per heavy atom. The minimum Gasteiger partial charge on any atom is -0.478 e. The van der Waals surface area contributed by atoms with Gasteiger partial charge in [-0.1, -0.05) is 30.3 Å². The molecule has 1 aromatic heterocycles. The molecule has 0 saturated carbocycles. The molecule has 1 amide bonds. The Morgan fingerprint density at radius 2 is 1.48 bits per heavy atom. The first kappa shape index (κ1) is 16.6. The number of para-hydroxylation sites is 1. The van der Waals surface area contributed by atoms with Gasteiger partial charge in [-0.25, -0.2) is 4.79 Å². The van der Waals surface area contributed by atoms with Crippen molar-refractivity contribution in [3.63, 3.8) is 0 Å². The van der Waals surface area contributed by atoms with Crippen LogP contribution >= 0.6 is 0 Å². The van der Waals surface area contributed by atoms with E-state index in [-0.39, 0.29) is 5.56 Å². The number of primary amides is 1. The first-order chi connectivity index (χ1) is 13.0. The number of H-pyrrole nitrogens is 1. The van der Waals surface area contributed by atoms with E-state index in [0.717, 1.165) is 33.3 Å². The van der Waals surface area contributed by atoms with Crippen molar-refractivity contribution in [2.45, 2.75) is 0 Å². The van der Waals surface area contributed by atoms with Crippen molar-refractivity contribution in [1.82, 2.24) is 4.98 Å². The predicted octanol–water partition coefficient (Wildman–Crippen LogP) is 4.30. The second-order valence-electron chi connectivity index (χ2n) is 6.32. The topological polar surface area (TPSA) is 96.2 Å².